The van der Waals surface area contributed by atoms with Crippen LogP contribution in [-0.2, 0) is 16.1 Å². The number of aromatic nitrogens is 1. The van der Waals surface area contributed by atoms with E-state index in [4.69, 9.17) is 4.74 Å². The highest BCUT2D eigenvalue weighted by atomic mass is 16.5. The first-order valence-corrected chi connectivity index (χ1v) is 8.11. The monoisotopic (exact) mass is 310 g/mol. The Morgan fingerprint density at radius 3 is 2.78 bits per heavy atom. The highest BCUT2D eigenvalue weighted by Gasteiger charge is 2.31. The van der Waals surface area contributed by atoms with Crippen LogP contribution in [0.25, 0.3) is 0 Å². The summed E-state index contributed by atoms with van der Waals surface area (Å²) in [6.07, 6.45) is 5.02. The van der Waals surface area contributed by atoms with E-state index in [1.165, 1.54) is 0 Å². The first-order valence-electron chi connectivity index (χ1n) is 8.11. The Bertz CT molecular complexity index is 624. The highest BCUT2D eigenvalue weighted by Crippen LogP contribution is 2.26. The summed E-state index contributed by atoms with van der Waals surface area (Å²) in [5.41, 5.74) is 2.16. The summed E-state index contributed by atoms with van der Waals surface area (Å²) in [6, 6.07) is 14.0. The molecule has 1 aromatic heterocycles. The summed E-state index contributed by atoms with van der Waals surface area (Å²) in [7, 11) is 0. The summed E-state index contributed by atoms with van der Waals surface area (Å²) in [5.74, 6) is 0.0720. The molecule has 3 rings (SSSR count). The van der Waals surface area contributed by atoms with Gasteiger partial charge in [0.05, 0.1) is 6.04 Å². The predicted molar refractivity (Wildman–Crippen MR) is 88.6 cm³/mol. The molecule has 1 saturated heterocycles. The molecule has 23 heavy (non-hydrogen) atoms. The van der Waals surface area contributed by atoms with Crippen molar-refractivity contribution in [2.45, 2.75) is 38.5 Å². The Labute approximate surface area is 137 Å². The van der Waals surface area contributed by atoms with E-state index in [0.717, 1.165) is 24.0 Å². The molecule has 1 aliphatic heterocycles. The topological polar surface area (TPSA) is 42.4 Å². The van der Waals surface area contributed by atoms with E-state index in [1.807, 2.05) is 41.4 Å². The molecule has 1 amide bonds. The fraction of sp³-hybridized carbons (Fsp3) is 0.368. The van der Waals surface area contributed by atoms with E-state index < -0.39 is 0 Å². The molecule has 2 heterocycles. The van der Waals surface area contributed by atoms with Crippen molar-refractivity contribution in [1.29, 1.82) is 0 Å². The Hall–Kier alpha value is -2.20. The average molecular weight is 310 g/mol. The lowest BCUT2D eigenvalue weighted by atomic mass is 10.0. The molecule has 4 nitrogen and oxygen atoms in total. The van der Waals surface area contributed by atoms with Crippen molar-refractivity contribution >= 4 is 5.91 Å². The van der Waals surface area contributed by atoms with Crippen molar-refractivity contribution < 1.29 is 9.53 Å². The van der Waals surface area contributed by atoms with Crippen LogP contribution in [-0.4, -0.2) is 28.5 Å². The number of hydrogen-bond acceptors (Lipinski definition) is 3. The fourth-order valence-corrected chi connectivity index (χ4v) is 2.96. The van der Waals surface area contributed by atoms with E-state index in [0.29, 0.717) is 13.2 Å². The lowest BCUT2D eigenvalue weighted by molar-refractivity contribution is -0.144. The van der Waals surface area contributed by atoms with Crippen LogP contribution in [0.5, 0.6) is 0 Å². The van der Waals surface area contributed by atoms with E-state index in [-0.39, 0.29) is 18.1 Å². The maximum atomic E-state index is 12.9. The van der Waals surface area contributed by atoms with Gasteiger partial charge in [0, 0.05) is 25.5 Å². The molecular formula is C19H22N2O2. The molecule has 0 N–H and O–H groups in total. The minimum absolute atomic E-state index is 0.00638. The summed E-state index contributed by atoms with van der Waals surface area (Å²) < 4.78 is 5.61. The number of ether oxygens (including phenoxy) is 1. The van der Waals surface area contributed by atoms with Gasteiger partial charge in [-0.05, 0) is 37.0 Å². The van der Waals surface area contributed by atoms with Gasteiger partial charge in [0.2, 0.25) is 0 Å². The number of pyridine rings is 1. The Balaban J connectivity index is 1.84. The van der Waals surface area contributed by atoms with Crippen LogP contribution in [0.3, 0.4) is 0 Å². The first-order chi connectivity index (χ1) is 11.3. The van der Waals surface area contributed by atoms with Crippen molar-refractivity contribution in [2.75, 3.05) is 6.61 Å². The molecule has 0 spiro atoms. The van der Waals surface area contributed by atoms with Gasteiger partial charge in [0.25, 0.3) is 5.91 Å². The zero-order valence-corrected chi connectivity index (χ0v) is 13.4. The molecule has 0 bridgehead atoms. The molecule has 1 aliphatic rings. The smallest absolute Gasteiger partial charge is 0.252 e. The van der Waals surface area contributed by atoms with Gasteiger partial charge in [0.1, 0.15) is 6.10 Å². The lowest BCUT2D eigenvalue weighted by Crippen LogP contribution is -2.40. The van der Waals surface area contributed by atoms with Gasteiger partial charge in [-0.2, -0.15) is 0 Å². The van der Waals surface area contributed by atoms with Crippen molar-refractivity contribution in [3.8, 4) is 0 Å². The lowest BCUT2D eigenvalue weighted by Gasteiger charge is -2.31. The van der Waals surface area contributed by atoms with Gasteiger partial charge < -0.3 is 9.64 Å². The second-order valence-electron chi connectivity index (χ2n) is 5.92. The third-order valence-electron chi connectivity index (χ3n) is 4.31. The van der Waals surface area contributed by atoms with E-state index in [2.05, 4.69) is 24.0 Å². The van der Waals surface area contributed by atoms with Crippen LogP contribution >= 0.6 is 0 Å². The zero-order valence-electron chi connectivity index (χ0n) is 13.4. The average Bonchev–Trinajstić information content (AvgIpc) is 3.15. The van der Waals surface area contributed by atoms with Gasteiger partial charge in [-0.15, -0.1) is 0 Å². The van der Waals surface area contributed by atoms with E-state index >= 15 is 0 Å². The van der Waals surface area contributed by atoms with Crippen LogP contribution in [0.15, 0.2) is 54.9 Å². The van der Waals surface area contributed by atoms with Crippen LogP contribution in [0.2, 0.25) is 0 Å². The van der Waals surface area contributed by atoms with E-state index in [9.17, 15) is 4.79 Å². The van der Waals surface area contributed by atoms with Gasteiger partial charge >= 0.3 is 0 Å². The number of nitrogens with zero attached hydrogens (tertiary/aromatic N) is 2. The second kappa shape index (κ2) is 7.38. The van der Waals surface area contributed by atoms with E-state index in [1.54, 1.807) is 6.20 Å². The van der Waals surface area contributed by atoms with Crippen LogP contribution in [0, 0.1) is 0 Å². The molecule has 4 heteroatoms. The van der Waals surface area contributed by atoms with Gasteiger partial charge in [-0.3, -0.25) is 9.78 Å². The van der Waals surface area contributed by atoms with Gasteiger partial charge in [-0.25, -0.2) is 0 Å². The standard InChI is InChI=1S/C19H22N2O2/c1-15(17-8-3-2-4-9-17)21(14-16-7-5-11-20-13-16)19(22)18-10-6-12-23-18/h2-5,7-9,11,13,15,18H,6,10,12,14H2,1H3/t15-,18-/m0/s1. The molecule has 0 aliphatic carbocycles. The molecule has 0 unspecified atom stereocenters. The summed E-state index contributed by atoms with van der Waals surface area (Å²) in [6.45, 7) is 3.29. The second-order valence-corrected chi connectivity index (χ2v) is 5.92. The number of amides is 1. The van der Waals surface area contributed by atoms with Crippen molar-refractivity contribution in [2.24, 2.45) is 0 Å². The quantitative estimate of drug-likeness (QED) is 0.850. The fourth-order valence-electron chi connectivity index (χ4n) is 2.96. The third kappa shape index (κ3) is 3.77. The number of hydrogen-bond donors (Lipinski definition) is 0. The van der Waals surface area contributed by atoms with Gasteiger partial charge in [-0.1, -0.05) is 36.4 Å². The largest absolute Gasteiger partial charge is 0.368 e. The molecule has 0 saturated carbocycles. The van der Waals surface area contributed by atoms with Crippen molar-refractivity contribution in [3.05, 3.63) is 66.0 Å². The van der Waals surface area contributed by atoms with Crippen molar-refractivity contribution in [3.63, 3.8) is 0 Å². The van der Waals surface area contributed by atoms with Gasteiger partial charge in [0.15, 0.2) is 0 Å². The minimum atomic E-state index is -0.308. The molecule has 2 atom stereocenters. The predicted octanol–water partition coefficient (Wildman–Crippen LogP) is 3.35. The minimum Gasteiger partial charge on any atom is -0.368 e. The molecule has 0 radical (unpaired) electrons. The number of benzene rings is 1. The summed E-state index contributed by atoms with van der Waals surface area (Å²) in [5, 5.41) is 0. The van der Waals surface area contributed by atoms with Crippen LogP contribution in [0.1, 0.15) is 36.9 Å². The Morgan fingerprint density at radius 2 is 2.13 bits per heavy atom. The maximum Gasteiger partial charge on any atom is 0.252 e. The maximum absolute atomic E-state index is 12.9. The zero-order chi connectivity index (χ0) is 16.1. The Kier molecular flexibility index (Phi) is 5.03. The molecule has 1 fully saturated rings. The Morgan fingerprint density at radius 1 is 1.30 bits per heavy atom. The normalized spacial score (nSPS) is 18.6. The molecule has 1 aromatic carbocycles. The molecule has 2 aromatic rings. The van der Waals surface area contributed by atoms with Crippen LogP contribution < -0.4 is 0 Å². The highest BCUT2D eigenvalue weighted by molar-refractivity contribution is 5.81. The molecule has 120 valence electrons. The third-order valence-corrected chi connectivity index (χ3v) is 4.31. The SMILES string of the molecule is C[C@@H](c1ccccc1)N(Cc1cccnc1)C(=O)[C@@H]1CCCO1. The van der Waals surface area contributed by atoms with Crippen molar-refractivity contribution in [1.82, 2.24) is 9.88 Å². The summed E-state index contributed by atoms with van der Waals surface area (Å²) in [4.78, 5) is 19.0. The number of carbonyl (C=O) groups is 1. The number of rotatable bonds is 5. The summed E-state index contributed by atoms with van der Waals surface area (Å²) >= 11 is 0. The van der Waals surface area contributed by atoms with Crippen LogP contribution in [0.4, 0.5) is 0 Å². The first kappa shape index (κ1) is 15.7. The molecular weight excluding hydrogens is 288 g/mol. The number of carbonyl (C=O) groups excluding carboxylic acids is 1.